The van der Waals surface area contributed by atoms with Crippen LogP contribution in [0.25, 0.3) is 4.96 Å². The fourth-order valence-corrected chi connectivity index (χ4v) is 6.69. The maximum atomic E-state index is 12.7. The standard InChI is InChI=1S/C18H24N4OS/c1-11(15-9-22-17(21-15)24-10-19-22)20-16(23)8-18-5-12-2-13(6-18)4-14(3-12)7-18/h9-14H,2-8H2,1H3,(H,20,23)/t11-,12?,13?,14?,18?/m1/s1. The number of rotatable bonds is 4. The van der Waals surface area contributed by atoms with Crippen molar-refractivity contribution in [2.75, 3.05) is 0 Å². The zero-order chi connectivity index (χ0) is 16.3. The number of fused-ring (bicyclic) bond motifs is 1. The third kappa shape index (κ3) is 2.46. The van der Waals surface area contributed by atoms with Crippen LogP contribution in [-0.4, -0.2) is 20.5 Å². The number of nitrogens with one attached hydrogen (secondary N) is 1. The summed E-state index contributed by atoms with van der Waals surface area (Å²) in [4.78, 5) is 18.1. The number of amides is 1. The summed E-state index contributed by atoms with van der Waals surface area (Å²) < 4.78 is 1.78. The van der Waals surface area contributed by atoms with Crippen molar-refractivity contribution in [1.29, 1.82) is 0 Å². The SMILES string of the molecule is C[C@@H](NC(=O)CC12CC3CC(CC(C3)C1)C2)c1cn2ncsc2n1. The van der Waals surface area contributed by atoms with Gasteiger partial charge in [0.25, 0.3) is 0 Å². The molecule has 0 aromatic carbocycles. The van der Waals surface area contributed by atoms with Gasteiger partial charge in [-0.25, -0.2) is 9.50 Å². The van der Waals surface area contributed by atoms with E-state index in [0.29, 0.717) is 11.8 Å². The molecule has 4 saturated carbocycles. The highest BCUT2D eigenvalue weighted by Gasteiger charge is 2.51. The Balaban J connectivity index is 1.26. The summed E-state index contributed by atoms with van der Waals surface area (Å²) >= 11 is 1.52. The van der Waals surface area contributed by atoms with Gasteiger partial charge in [-0.15, -0.1) is 0 Å². The highest BCUT2D eigenvalue weighted by atomic mass is 32.1. The molecule has 4 aliphatic rings. The molecule has 6 rings (SSSR count). The maximum absolute atomic E-state index is 12.7. The van der Waals surface area contributed by atoms with E-state index >= 15 is 0 Å². The molecule has 0 unspecified atom stereocenters. The molecule has 24 heavy (non-hydrogen) atoms. The molecule has 5 nitrogen and oxygen atoms in total. The summed E-state index contributed by atoms with van der Waals surface area (Å²) in [5, 5.41) is 7.39. The van der Waals surface area contributed by atoms with Crippen LogP contribution in [0.5, 0.6) is 0 Å². The Morgan fingerprint density at radius 1 is 1.33 bits per heavy atom. The van der Waals surface area contributed by atoms with Crippen molar-refractivity contribution in [2.45, 2.75) is 57.9 Å². The molecule has 2 aromatic heterocycles. The lowest BCUT2D eigenvalue weighted by Gasteiger charge is -2.56. The molecule has 0 radical (unpaired) electrons. The topological polar surface area (TPSA) is 59.3 Å². The highest BCUT2D eigenvalue weighted by molar-refractivity contribution is 7.14. The minimum atomic E-state index is -0.0553. The number of imidazole rings is 1. The van der Waals surface area contributed by atoms with E-state index in [0.717, 1.165) is 28.4 Å². The monoisotopic (exact) mass is 344 g/mol. The van der Waals surface area contributed by atoms with Crippen LogP contribution in [0.2, 0.25) is 0 Å². The Bertz CT molecular complexity index is 715. The van der Waals surface area contributed by atoms with Crippen molar-refractivity contribution in [3.05, 3.63) is 17.4 Å². The molecule has 0 aliphatic heterocycles. The predicted octanol–water partition coefficient (Wildman–Crippen LogP) is 3.57. The average Bonchev–Trinajstić information content (AvgIpc) is 3.05. The molecule has 2 aromatic rings. The molecule has 0 spiro atoms. The molecule has 1 atom stereocenters. The quantitative estimate of drug-likeness (QED) is 0.922. The lowest BCUT2D eigenvalue weighted by atomic mass is 9.49. The molecule has 128 valence electrons. The van der Waals surface area contributed by atoms with Crippen LogP contribution in [-0.2, 0) is 4.79 Å². The molecule has 6 heteroatoms. The molecule has 4 bridgehead atoms. The van der Waals surface area contributed by atoms with E-state index < -0.39 is 0 Å². The number of nitrogens with zero attached hydrogens (tertiary/aromatic N) is 3. The van der Waals surface area contributed by atoms with Gasteiger partial charge in [0, 0.05) is 6.42 Å². The lowest BCUT2D eigenvalue weighted by Crippen LogP contribution is -2.48. The van der Waals surface area contributed by atoms with Gasteiger partial charge < -0.3 is 5.32 Å². The molecule has 4 fully saturated rings. The minimum absolute atomic E-state index is 0.0553. The average molecular weight is 344 g/mol. The summed E-state index contributed by atoms with van der Waals surface area (Å²) in [7, 11) is 0. The predicted molar refractivity (Wildman–Crippen MR) is 92.6 cm³/mol. The van der Waals surface area contributed by atoms with E-state index in [4.69, 9.17) is 0 Å². The van der Waals surface area contributed by atoms with Gasteiger partial charge in [-0.05, 0) is 68.6 Å². The van der Waals surface area contributed by atoms with Crippen molar-refractivity contribution >= 4 is 22.2 Å². The second-order valence-corrected chi connectivity index (χ2v) is 9.33. The van der Waals surface area contributed by atoms with Crippen LogP contribution < -0.4 is 5.32 Å². The fourth-order valence-electron chi connectivity index (χ4n) is 6.08. The van der Waals surface area contributed by atoms with E-state index in [1.807, 2.05) is 13.1 Å². The first-order valence-corrected chi connectivity index (χ1v) is 10.0. The van der Waals surface area contributed by atoms with Crippen molar-refractivity contribution in [2.24, 2.45) is 23.2 Å². The number of carbonyl (C=O) groups excluding carboxylic acids is 1. The van der Waals surface area contributed by atoms with E-state index in [1.54, 1.807) is 10.0 Å². The first-order valence-electron chi connectivity index (χ1n) is 9.17. The molecular formula is C18H24N4OS. The second-order valence-electron chi connectivity index (χ2n) is 8.52. The van der Waals surface area contributed by atoms with Gasteiger partial charge in [0.05, 0.1) is 17.9 Å². The van der Waals surface area contributed by atoms with Crippen molar-refractivity contribution < 1.29 is 4.79 Å². The second kappa shape index (κ2) is 5.28. The Morgan fingerprint density at radius 2 is 2.00 bits per heavy atom. The van der Waals surface area contributed by atoms with E-state index in [2.05, 4.69) is 15.4 Å². The van der Waals surface area contributed by atoms with Gasteiger partial charge in [0.15, 0.2) is 0 Å². The summed E-state index contributed by atoms with van der Waals surface area (Å²) in [5.41, 5.74) is 2.98. The minimum Gasteiger partial charge on any atom is -0.348 e. The van der Waals surface area contributed by atoms with Crippen LogP contribution in [0.3, 0.4) is 0 Å². The van der Waals surface area contributed by atoms with Crippen LogP contribution in [0.15, 0.2) is 11.7 Å². The zero-order valence-corrected chi connectivity index (χ0v) is 14.9. The largest absolute Gasteiger partial charge is 0.348 e. The first kappa shape index (κ1) is 14.9. The van der Waals surface area contributed by atoms with Gasteiger partial charge in [0.2, 0.25) is 10.9 Å². The van der Waals surface area contributed by atoms with Crippen LogP contribution in [0, 0.1) is 23.2 Å². The molecular weight excluding hydrogens is 320 g/mol. The number of carbonyl (C=O) groups is 1. The molecule has 2 heterocycles. The molecule has 1 amide bonds. The normalized spacial score (nSPS) is 35.5. The Hall–Kier alpha value is -1.43. The highest BCUT2D eigenvalue weighted by Crippen LogP contribution is 2.61. The van der Waals surface area contributed by atoms with E-state index in [-0.39, 0.29) is 11.9 Å². The summed E-state index contributed by atoms with van der Waals surface area (Å²) in [6, 6.07) is -0.0553. The zero-order valence-electron chi connectivity index (χ0n) is 14.1. The Labute approximate surface area is 145 Å². The molecule has 1 N–H and O–H groups in total. The van der Waals surface area contributed by atoms with Gasteiger partial charge >= 0.3 is 0 Å². The van der Waals surface area contributed by atoms with Gasteiger partial charge in [0.1, 0.15) is 5.51 Å². The smallest absolute Gasteiger partial charge is 0.221 e. The first-order chi connectivity index (χ1) is 11.6. The van der Waals surface area contributed by atoms with Crippen molar-refractivity contribution in [1.82, 2.24) is 19.9 Å². The van der Waals surface area contributed by atoms with Crippen LogP contribution in [0.1, 0.15) is 63.6 Å². The van der Waals surface area contributed by atoms with E-state index in [1.165, 1.54) is 49.9 Å². The number of hydrogen-bond donors (Lipinski definition) is 1. The Morgan fingerprint density at radius 3 is 2.62 bits per heavy atom. The lowest BCUT2D eigenvalue weighted by molar-refractivity contribution is -0.130. The van der Waals surface area contributed by atoms with Gasteiger partial charge in [-0.1, -0.05) is 11.3 Å². The van der Waals surface area contributed by atoms with Crippen molar-refractivity contribution in [3.8, 4) is 0 Å². The van der Waals surface area contributed by atoms with Gasteiger partial charge in [-0.2, -0.15) is 5.10 Å². The molecule has 4 aliphatic carbocycles. The Kier molecular flexibility index (Phi) is 3.27. The number of aromatic nitrogens is 3. The maximum Gasteiger partial charge on any atom is 0.221 e. The summed E-state index contributed by atoms with van der Waals surface area (Å²) in [6.45, 7) is 2.02. The van der Waals surface area contributed by atoms with Crippen molar-refractivity contribution in [3.63, 3.8) is 0 Å². The van der Waals surface area contributed by atoms with Crippen LogP contribution >= 0.6 is 11.3 Å². The fraction of sp³-hybridized carbons (Fsp3) is 0.722. The van der Waals surface area contributed by atoms with Gasteiger partial charge in [-0.3, -0.25) is 4.79 Å². The number of hydrogen-bond acceptors (Lipinski definition) is 4. The summed E-state index contributed by atoms with van der Waals surface area (Å²) in [5.74, 6) is 2.89. The molecule has 0 saturated heterocycles. The van der Waals surface area contributed by atoms with Crippen LogP contribution in [0.4, 0.5) is 0 Å². The third-order valence-corrected chi connectivity index (χ3v) is 7.22. The third-order valence-electron chi connectivity index (χ3n) is 6.53. The van der Waals surface area contributed by atoms with E-state index in [9.17, 15) is 4.79 Å². The summed E-state index contributed by atoms with van der Waals surface area (Å²) in [6.07, 6.45) is 10.8.